The van der Waals surface area contributed by atoms with Crippen molar-refractivity contribution in [3.63, 3.8) is 0 Å². The van der Waals surface area contributed by atoms with Crippen molar-refractivity contribution in [2.24, 2.45) is 0 Å². The number of methoxy groups -OCH3 is 1. The van der Waals surface area contributed by atoms with Crippen molar-refractivity contribution in [3.8, 4) is 16.9 Å². The van der Waals surface area contributed by atoms with Gasteiger partial charge in [0, 0.05) is 18.2 Å². The molecule has 0 spiro atoms. The zero-order valence-corrected chi connectivity index (χ0v) is 20.6. The Labute approximate surface area is 218 Å². The lowest BCUT2D eigenvalue weighted by Gasteiger charge is -2.14. The van der Waals surface area contributed by atoms with Gasteiger partial charge in [0.15, 0.2) is 0 Å². The highest BCUT2D eigenvalue weighted by atomic mass is 19.1. The van der Waals surface area contributed by atoms with Crippen molar-refractivity contribution in [1.29, 1.82) is 0 Å². The molecule has 3 aromatic carbocycles. The molecule has 0 radical (unpaired) electrons. The van der Waals surface area contributed by atoms with Crippen LogP contribution in [0.1, 0.15) is 17.5 Å². The summed E-state index contributed by atoms with van der Waals surface area (Å²) < 4.78 is 20.9. The van der Waals surface area contributed by atoms with Crippen LogP contribution in [0.5, 0.6) is 5.75 Å². The molecule has 0 aliphatic rings. The van der Waals surface area contributed by atoms with Crippen molar-refractivity contribution >= 4 is 23.4 Å². The molecule has 0 saturated carbocycles. The van der Waals surface area contributed by atoms with Crippen LogP contribution >= 0.6 is 0 Å². The number of aryl methyl sites for hydroxylation is 1. The van der Waals surface area contributed by atoms with Crippen molar-refractivity contribution < 1.29 is 23.8 Å². The number of carbonyl (C=O) groups excluding carboxylic acids is 1. The highest BCUT2D eigenvalue weighted by molar-refractivity contribution is 6.01. The van der Waals surface area contributed by atoms with Gasteiger partial charge in [-0.3, -0.25) is 9.59 Å². The SMILES string of the molecule is COc1cc(-c2cccn(Cc3ccc(CCC(=O)O)cc3)c2=O)ccc1NC(=O)Nc1ccccc1F. The van der Waals surface area contributed by atoms with Gasteiger partial charge >= 0.3 is 12.0 Å². The molecule has 0 aliphatic carbocycles. The Morgan fingerprint density at radius 2 is 1.63 bits per heavy atom. The van der Waals surface area contributed by atoms with Gasteiger partial charge in [-0.25, -0.2) is 9.18 Å². The predicted octanol–water partition coefficient (Wildman–Crippen LogP) is 5.37. The quantitative estimate of drug-likeness (QED) is 0.278. The second-order valence-corrected chi connectivity index (χ2v) is 8.54. The summed E-state index contributed by atoms with van der Waals surface area (Å²) in [4.78, 5) is 36.4. The number of anilines is 2. The van der Waals surface area contributed by atoms with Crippen LogP contribution in [0.2, 0.25) is 0 Å². The molecule has 194 valence electrons. The first kappa shape index (κ1) is 26.2. The number of nitrogens with one attached hydrogen (secondary N) is 2. The summed E-state index contributed by atoms with van der Waals surface area (Å²) in [5.74, 6) is -1.07. The summed E-state index contributed by atoms with van der Waals surface area (Å²) in [6, 6.07) is 21.1. The first-order valence-corrected chi connectivity index (χ1v) is 11.8. The summed E-state index contributed by atoms with van der Waals surface area (Å²) in [5, 5.41) is 13.9. The van der Waals surface area contributed by atoms with Crippen LogP contribution < -0.4 is 20.9 Å². The monoisotopic (exact) mass is 515 g/mol. The van der Waals surface area contributed by atoms with E-state index in [0.717, 1.165) is 11.1 Å². The topological polar surface area (TPSA) is 110 Å². The first-order chi connectivity index (χ1) is 18.3. The summed E-state index contributed by atoms with van der Waals surface area (Å²) in [7, 11) is 1.45. The molecular formula is C29H26FN3O5. The summed E-state index contributed by atoms with van der Waals surface area (Å²) in [5.41, 5.74) is 3.06. The van der Waals surface area contributed by atoms with Crippen molar-refractivity contribution in [2.75, 3.05) is 17.7 Å². The third-order valence-corrected chi connectivity index (χ3v) is 5.91. The van der Waals surface area contributed by atoms with Crippen molar-refractivity contribution in [3.05, 3.63) is 112 Å². The minimum Gasteiger partial charge on any atom is -0.495 e. The molecule has 2 amide bonds. The number of pyridine rings is 1. The van der Waals surface area contributed by atoms with Gasteiger partial charge in [0.05, 0.1) is 25.0 Å². The number of para-hydroxylation sites is 1. The van der Waals surface area contributed by atoms with E-state index in [9.17, 15) is 18.8 Å². The second-order valence-electron chi connectivity index (χ2n) is 8.54. The molecule has 0 atom stereocenters. The maximum Gasteiger partial charge on any atom is 0.323 e. The minimum absolute atomic E-state index is 0.0420. The van der Waals surface area contributed by atoms with Gasteiger partial charge in [-0.1, -0.05) is 42.5 Å². The number of hydrogen-bond donors (Lipinski definition) is 3. The van der Waals surface area contributed by atoms with Crippen LogP contribution in [0.25, 0.3) is 11.1 Å². The van der Waals surface area contributed by atoms with Crippen LogP contribution in [0.15, 0.2) is 89.9 Å². The standard InChI is InChI=1S/C29H26FN3O5/c1-38-26-17-21(13-14-25(26)32-29(37)31-24-7-3-2-6-23(24)30)22-5-4-16-33(28(22)36)18-20-10-8-19(9-11-20)12-15-27(34)35/h2-11,13-14,16-17H,12,15,18H2,1H3,(H,34,35)(H2,31,32,37). The maximum atomic E-state index is 13.8. The lowest BCUT2D eigenvalue weighted by Crippen LogP contribution is -2.22. The molecule has 38 heavy (non-hydrogen) atoms. The first-order valence-electron chi connectivity index (χ1n) is 11.8. The highest BCUT2D eigenvalue weighted by Gasteiger charge is 2.13. The third-order valence-electron chi connectivity index (χ3n) is 5.91. The van der Waals surface area contributed by atoms with Crippen molar-refractivity contribution in [2.45, 2.75) is 19.4 Å². The van der Waals surface area contributed by atoms with E-state index in [0.29, 0.717) is 35.5 Å². The van der Waals surface area contributed by atoms with Crippen LogP contribution in [0, 0.1) is 5.82 Å². The fourth-order valence-electron chi connectivity index (χ4n) is 3.94. The van der Waals surface area contributed by atoms with Crippen LogP contribution in [0.3, 0.4) is 0 Å². The van der Waals surface area contributed by atoms with Crippen molar-refractivity contribution in [1.82, 2.24) is 4.57 Å². The van der Waals surface area contributed by atoms with E-state index in [2.05, 4.69) is 10.6 Å². The number of halogens is 1. The molecule has 0 bridgehead atoms. The Hall–Kier alpha value is -4.92. The molecule has 4 aromatic rings. The predicted molar refractivity (Wildman–Crippen MR) is 143 cm³/mol. The molecule has 3 N–H and O–H groups in total. The van der Waals surface area contributed by atoms with Crippen LogP contribution in [-0.2, 0) is 17.8 Å². The van der Waals surface area contributed by atoms with E-state index in [-0.39, 0.29) is 17.7 Å². The number of hydrogen-bond acceptors (Lipinski definition) is 4. The molecule has 0 fully saturated rings. The average molecular weight is 516 g/mol. The number of rotatable bonds is 9. The van der Waals surface area contributed by atoms with E-state index in [4.69, 9.17) is 9.84 Å². The fraction of sp³-hybridized carbons (Fsp3) is 0.138. The van der Waals surface area contributed by atoms with E-state index in [1.54, 1.807) is 47.2 Å². The number of aromatic nitrogens is 1. The Morgan fingerprint density at radius 1 is 0.921 bits per heavy atom. The Morgan fingerprint density at radius 3 is 2.34 bits per heavy atom. The van der Waals surface area contributed by atoms with Gasteiger partial charge < -0.3 is 25.0 Å². The van der Waals surface area contributed by atoms with Gasteiger partial charge in [0.2, 0.25) is 0 Å². The van der Waals surface area contributed by atoms with Gasteiger partial charge in [-0.15, -0.1) is 0 Å². The average Bonchev–Trinajstić information content (AvgIpc) is 2.91. The largest absolute Gasteiger partial charge is 0.495 e. The smallest absolute Gasteiger partial charge is 0.323 e. The molecule has 9 heteroatoms. The van der Waals surface area contributed by atoms with Crippen LogP contribution in [-0.4, -0.2) is 28.8 Å². The Balaban J connectivity index is 1.50. The highest BCUT2D eigenvalue weighted by Crippen LogP contribution is 2.30. The summed E-state index contributed by atoms with van der Waals surface area (Å²) in [6.45, 7) is 0.346. The zero-order valence-electron chi connectivity index (χ0n) is 20.6. The molecular weight excluding hydrogens is 489 g/mol. The number of ether oxygens (including phenoxy) is 1. The number of aliphatic carboxylic acids is 1. The van der Waals surface area contributed by atoms with E-state index in [1.807, 2.05) is 24.3 Å². The normalized spacial score (nSPS) is 10.6. The number of nitrogens with zero attached hydrogens (tertiary/aromatic N) is 1. The van der Waals surface area contributed by atoms with Gasteiger partial charge in [0.1, 0.15) is 11.6 Å². The number of carboxylic acids is 1. The van der Waals surface area contributed by atoms with Gasteiger partial charge in [-0.2, -0.15) is 0 Å². The minimum atomic E-state index is -0.844. The third kappa shape index (κ3) is 6.44. The van der Waals surface area contributed by atoms with E-state index in [1.165, 1.54) is 25.3 Å². The zero-order chi connectivity index (χ0) is 27.1. The molecule has 1 heterocycles. The summed E-state index contributed by atoms with van der Waals surface area (Å²) >= 11 is 0. The molecule has 8 nitrogen and oxygen atoms in total. The van der Waals surface area contributed by atoms with Crippen LogP contribution in [0.4, 0.5) is 20.6 Å². The molecule has 4 rings (SSSR count). The number of carbonyl (C=O) groups is 2. The fourth-order valence-corrected chi connectivity index (χ4v) is 3.94. The lowest BCUT2D eigenvalue weighted by atomic mass is 10.1. The Bertz CT molecular complexity index is 1520. The second kappa shape index (κ2) is 11.9. The Kier molecular flexibility index (Phi) is 8.17. The lowest BCUT2D eigenvalue weighted by molar-refractivity contribution is -0.136. The van der Waals surface area contributed by atoms with E-state index >= 15 is 0 Å². The molecule has 1 aromatic heterocycles. The number of amides is 2. The summed E-state index contributed by atoms with van der Waals surface area (Å²) in [6.07, 6.45) is 2.21. The maximum absolute atomic E-state index is 13.8. The van der Waals surface area contributed by atoms with Gasteiger partial charge in [0.25, 0.3) is 5.56 Å². The number of carboxylic acid groups (broad SMARTS) is 1. The number of urea groups is 1. The van der Waals surface area contributed by atoms with Gasteiger partial charge in [-0.05, 0) is 59.5 Å². The molecule has 0 unspecified atom stereocenters. The van der Waals surface area contributed by atoms with E-state index < -0.39 is 17.8 Å². The molecule has 0 saturated heterocycles. The molecule has 0 aliphatic heterocycles. The number of benzene rings is 3.